The molecule has 1 heterocycles. The summed E-state index contributed by atoms with van der Waals surface area (Å²) in [7, 11) is 0. The topological polar surface area (TPSA) is 29.9 Å². The van der Waals surface area contributed by atoms with Crippen LogP contribution < -0.4 is 5.32 Å². The van der Waals surface area contributed by atoms with Gasteiger partial charge < -0.3 is 5.32 Å². The van der Waals surface area contributed by atoms with Gasteiger partial charge >= 0.3 is 0 Å². The number of rotatable bonds is 5. The average molecular weight is 207 g/mol. The summed E-state index contributed by atoms with van der Waals surface area (Å²) in [5.41, 5.74) is 1.23. The van der Waals surface area contributed by atoms with Gasteiger partial charge in [-0.1, -0.05) is 0 Å². The van der Waals surface area contributed by atoms with Gasteiger partial charge in [-0.3, -0.25) is 4.68 Å². The average Bonchev–Trinajstić information content (AvgIpc) is 2.95. The highest BCUT2D eigenvalue weighted by molar-refractivity contribution is 5.00. The maximum absolute atomic E-state index is 4.36. The van der Waals surface area contributed by atoms with Crippen molar-refractivity contribution in [3.8, 4) is 0 Å². The molecular formula is C12H21N3. The van der Waals surface area contributed by atoms with Crippen LogP contribution in [-0.2, 0) is 0 Å². The predicted molar refractivity (Wildman–Crippen MR) is 61.9 cm³/mol. The van der Waals surface area contributed by atoms with Crippen molar-refractivity contribution in [3.63, 3.8) is 0 Å². The summed E-state index contributed by atoms with van der Waals surface area (Å²) in [5.74, 6) is 0.944. The molecule has 0 amide bonds. The number of aryl methyl sites for hydroxylation is 1. The third-order valence-corrected chi connectivity index (χ3v) is 3.30. The summed E-state index contributed by atoms with van der Waals surface area (Å²) in [6.45, 7) is 7.71. The number of nitrogens with zero attached hydrogens (tertiary/aromatic N) is 2. The molecule has 1 aromatic heterocycles. The molecule has 2 atom stereocenters. The molecular weight excluding hydrogens is 186 g/mol. The molecule has 2 rings (SSSR count). The maximum Gasteiger partial charge on any atom is 0.0641 e. The second kappa shape index (κ2) is 4.35. The fraction of sp³-hybridized carbons (Fsp3) is 0.750. The molecule has 0 unspecified atom stereocenters. The minimum Gasteiger partial charge on any atom is -0.312 e. The van der Waals surface area contributed by atoms with Crippen LogP contribution in [0.1, 0.15) is 38.3 Å². The molecule has 0 radical (unpaired) electrons. The van der Waals surface area contributed by atoms with E-state index in [9.17, 15) is 0 Å². The van der Waals surface area contributed by atoms with E-state index < -0.39 is 0 Å². The molecule has 1 fully saturated rings. The zero-order valence-electron chi connectivity index (χ0n) is 9.90. The summed E-state index contributed by atoms with van der Waals surface area (Å²) in [6.07, 6.45) is 6.86. The first-order chi connectivity index (χ1) is 7.16. The number of nitrogens with one attached hydrogen (secondary N) is 1. The third-order valence-electron chi connectivity index (χ3n) is 3.30. The van der Waals surface area contributed by atoms with Gasteiger partial charge in [0, 0.05) is 12.2 Å². The van der Waals surface area contributed by atoms with E-state index in [1.807, 2.05) is 6.20 Å². The van der Waals surface area contributed by atoms with Crippen LogP contribution in [0.15, 0.2) is 12.4 Å². The lowest BCUT2D eigenvalue weighted by molar-refractivity contribution is 0.362. The van der Waals surface area contributed by atoms with E-state index in [-0.39, 0.29) is 0 Å². The van der Waals surface area contributed by atoms with E-state index in [4.69, 9.17) is 0 Å². The van der Waals surface area contributed by atoms with E-state index in [2.05, 4.69) is 42.1 Å². The predicted octanol–water partition coefficient (Wildman–Crippen LogP) is 2.14. The Hall–Kier alpha value is -0.830. The second-order valence-electron chi connectivity index (χ2n) is 4.88. The Morgan fingerprint density at radius 2 is 2.27 bits per heavy atom. The van der Waals surface area contributed by atoms with Gasteiger partial charge in [0.15, 0.2) is 0 Å². The van der Waals surface area contributed by atoms with Gasteiger partial charge in [0.1, 0.15) is 0 Å². The highest BCUT2D eigenvalue weighted by Gasteiger charge is 2.23. The molecule has 1 aromatic rings. The summed E-state index contributed by atoms with van der Waals surface area (Å²) in [4.78, 5) is 0. The van der Waals surface area contributed by atoms with Crippen molar-refractivity contribution in [2.45, 2.75) is 45.7 Å². The maximum atomic E-state index is 4.36. The van der Waals surface area contributed by atoms with Gasteiger partial charge in [-0.05, 0) is 51.6 Å². The summed E-state index contributed by atoms with van der Waals surface area (Å²) in [5, 5.41) is 7.95. The Bertz CT molecular complexity index is 314. The molecule has 1 aliphatic rings. The Labute approximate surface area is 91.9 Å². The molecule has 3 nitrogen and oxygen atoms in total. The molecule has 1 N–H and O–H groups in total. The lowest BCUT2D eigenvalue weighted by atomic mass is 10.1. The first-order valence-corrected chi connectivity index (χ1v) is 5.91. The molecule has 0 saturated heterocycles. The van der Waals surface area contributed by atoms with Crippen molar-refractivity contribution in [2.75, 3.05) is 6.54 Å². The van der Waals surface area contributed by atoms with E-state index in [0.717, 1.165) is 5.92 Å². The highest BCUT2D eigenvalue weighted by Crippen LogP contribution is 2.28. The van der Waals surface area contributed by atoms with Gasteiger partial charge in [-0.15, -0.1) is 0 Å². The molecule has 1 saturated carbocycles. The number of hydrogen-bond acceptors (Lipinski definition) is 2. The van der Waals surface area contributed by atoms with Crippen molar-refractivity contribution in [3.05, 3.63) is 18.0 Å². The van der Waals surface area contributed by atoms with Crippen molar-refractivity contribution in [2.24, 2.45) is 5.92 Å². The van der Waals surface area contributed by atoms with Crippen LogP contribution >= 0.6 is 0 Å². The number of hydrogen-bond donors (Lipinski definition) is 1. The van der Waals surface area contributed by atoms with Gasteiger partial charge in [0.25, 0.3) is 0 Å². The molecule has 0 aliphatic heterocycles. The Balaban J connectivity index is 1.85. The molecule has 0 bridgehead atoms. The first-order valence-electron chi connectivity index (χ1n) is 5.91. The zero-order valence-corrected chi connectivity index (χ0v) is 9.90. The van der Waals surface area contributed by atoms with Gasteiger partial charge in [-0.25, -0.2) is 0 Å². The van der Waals surface area contributed by atoms with E-state index >= 15 is 0 Å². The van der Waals surface area contributed by atoms with Crippen LogP contribution in [0.2, 0.25) is 0 Å². The summed E-state index contributed by atoms with van der Waals surface area (Å²) >= 11 is 0. The fourth-order valence-corrected chi connectivity index (χ4v) is 1.73. The monoisotopic (exact) mass is 207 g/mol. The molecule has 0 spiro atoms. The van der Waals surface area contributed by atoms with Crippen LogP contribution in [0.5, 0.6) is 0 Å². The van der Waals surface area contributed by atoms with E-state index in [0.29, 0.717) is 12.1 Å². The fourth-order valence-electron chi connectivity index (χ4n) is 1.73. The molecule has 15 heavy (non-hydrogen) atoms. The smallest absolute Gasteiger partial charge is 0.0641 e. The Kier molecular flexibility index (Phi) is 3.10. The van der Waals surface area contributed by atoms with E-state index in [1.165, 1.54) is 24.9 Å². The first kappa shape index (κ1) is 10.7. The van der Waals surface area contributed by atoms with Crippen LogP contribution in [0.4, 0.5) is 0 Å². The minimum absolute atomic E-state index is 0.428. The standard InChI is InChI=1S/C12H21N3/c1-9-6-14-15(8-9)11(3)10(2)13-7-12-4-5-12/h6,8,10-13H,4-5,7H2,1-3H3/t10-,11+/m1/s1. The Morgan fingerprint density at radius 3 is 2.80 bits per heavy atom. The van der Waals surface area contributed by atoms with E-state index in [1.54, 1.807) is 0 Å². The van der Waals surface area contributed by atoms with Crippen molar-refractivity contribution in [1.29, 1.82) is 0 Å². The normalized spacial score (nSPS) is 20.2. The molecule has 3 heteroatoms. The van der Waals surface area contributed by atoms with Crippen molar-refractivity contribution >= 4 is 0 Å². The molecule has 84 valence electrons. The van der Waals surface area contributed by atoms with Crippen LogP contribution in [0.25, 0.3) is 0 Å². The largest absolute Gasteiger partial charge is 0.312 e. The van der Waals surface area contributed by atoms with Crippen LogP contribution in [0.3, 0.4) is 0 Å². The van der Waals surface area contributed by atoms with Gasteiger partial charge in [-0.2, -0.15) is 5.10 Å². The summed E-state index contributed by atoms with van der Waals surface area (Å²) in [6, 6.07) is 0.919. The van der Waals surface area contributed by atoms with Gasteiger partial charge in [0.2, 0.25) is 0 Å². The Morgan fingerprint density at radius 1 is 1.53 bits per heavy atom. The lowest BCUT2D eigenvalue weighted by Gasteiger charge is -2.21. The summed E-state index contributed by atoms with van der Waals surface area (Å²) < 4.78 is 2.06. The molecule has 0 aromatic carbocycles. The van der Waals surface area contributed by atoms with Crippen LogP contribution in [0, 0.1) is 12.8 Å². The third kappa shape index (κ3) is 2.81. The van der Waals surface area contributed by atoms with Crippen molar-refractivity contribution < 1.29 is 0 Å². The lowest BCUT2D eigenvalue weighted by Crippen LogP contribution is -2.35. The SMILES string of the molecule is Cc1cnn([C@@H](C)[C@@H](C)NCC2CC2)c1. The number of aromatic nitrogens is 2. The quantitative estimate of drug-likeness (QED) is 0.801. The highest BCUT2D eigenvalue weighted by atomic mass is 15.3. The zero-order chi connectivity index (χ0) is 10.8. The van der Waals surface area contributed by atoms with Gasteiger partial charge in [0.05, 0.1) is 12.2 Å². The molecule has 1 aliphatic carbocycles. The van der Waals surface area contributed by atoms with Crippen LogP contribution in [-0.4, -0.2) is 22.4 Å². The minimum atomic E-state index is 0.428. The van der Waals surface area contributed by atoms with Crippen molar-refractivity contribution in [1.82, 2.24) is 15.1 Å². The second-order valence-corrected chi connectivity index (χ2v) is 4.88.